The lowest BCUT2D eigenvalue weighted by Gasteiger charge is -2.05. The fourth-order valence-corrected chi connectivity index (χ4v) is 2.28. The van der Waals surface area contributed by atoms with E-state index in [0.29, 0.717) is 11.3 Å². The zero-order chi connectivity index (χ0) is 12.5. The van der Waals surface area contributed by atoms with E-state index in [1.165, 1.54) is 30.5 Å². The lowest BCUT2D eigenvalue weighted by molar-refractivity contribution is 0.422. The molecule has 0 aliphatic heterocycles. The first-order valence-corrected chi connectivity index (χ1v) is 6.27. The number of benzene rings is 1. The average molecular weight is 253 g/mol. The molecule has 0 saturated carbocycles. The van der Waals surface area contributed by atoms with E-state index in [1.54, 1.807) is 6.92 Å². The molecule has 0 saturated heterocycles. The van der Waals surface area contributed by atoms with Gasteiger partial charge in [-0.25, -0.2) is 8.42 Å². The van der Waals surface area contributed by atoms with Crippen LogP contribution in [0.15, 0.2) is 39.9 Å². The van der Waals surface area contributed by atoms with Gasteiger partial charge in [-0.3, -0.25) is 4.72 Å². The van der Waals surface area contributed by atoms with Gasteiger partial charge in [0.2, 0.25) is 0 Å². The number of hydrogen-bond donors (Lipinski definition) is 2. The Morgan fingerprint density at radius 2 is 1.94 bits per heavy atom. The van der Waals surface area contributed by atoms with Crippen molar-refractivity contribution in [3.63, 3.8) is 0 Å². The molecule has 90 valence electrons. The maximum Gasteiger partial charge on any atom is 0.263 e. The number of anilines is 2. The molecule has 0 radical (unpaired) electrons. The normalized spacial score (nSPS) is 11.4. The summed E-state index contributed by atoms with van der Waals surface area (Å²) < 4.78 is 30.8. The van der Waals surface area contributed by atoms with E-state index in [4.69, 9.17) is 5.73 Å². The molecule has 0 spiro atoms. The van der Waals surface area contributed by atoms with E-state index < -0.39 is 10.0 Å². The van der Waals surface area contributed by atoms with Gasteiger partial charge in [-0.05, 0) is 31.2 Å². The fraction of sp³-hybridized carbons (Fsp3) is 0.100. The molecule has 17 heavy (non-hydrogen) atoms. The van der Waals surface area contributed by atoms with Crippen LogP contribution < -0.4 is 10.5 Å². The number of sulfonamides is 1. The van der Waals surface area contributed by atoms with Gasteiger partial charge in [0.05, 0.1) is 4.90 Å². The smallest absolute Gasteiger partial charge is 0.263 e. The van der Waals surface area contributed by atoms with Gasteiger partial charge >= 0.3 is 0 Å². The Labute approximate surface area is 98.5 Å². The van der Waals surface area contributed by atoms with Crippen molar-refractivity contribution in [1.29, 1.82) is 0 Å². The van der Waals surface area contributed by atoms with E-state index in [1.807, 2.05) is 0 Å². The van der Waals surface area contributed by atoms with Gasteiger partial charge in [0.1, 0.15) is 6.26 Å². The zero-order valence-corrected chi connectivity index (χ0v) is 9.86. The van der Waals surface area contributed by atoms with Crippen molar-refractivity contribution >= 4 is 21.5 Å². The predicted molar refractivity (Wildman–Crippen MR) is 62.9 cm³/mol. The SMILES string of the molecule is Cc1conc1NS(=O)(=O)c1ccc(N)cc1. The van der Waals surface area contributed by atoms with E-state index in [9.17, 15) is 8.42 Å². The number of aryl methyl sites for hydroxylation is 1. The Hall–Kier alpha value is -2.02. The summed E-state index contributed by atoms with van der Waals surface area (Å²) in [5, 5.41) is 3.55. The molecule has 0 aliphatic rings. The number of hydrogen-bond acceptors (Lipinski definition) is 5. The molecule has 0 amide bonds. The molecule has 0 atom stereocenters. The zero-order valence-electron chi connectivity index (χ0n) is 9.04. The minimum Gasteiger partial charge on any atom is -0.399 e. The Kier molecular flexibility index (Phi) is 2.76. The second kappa shape index (κ2) is 4.10. The van der Waals surface area contributed by atoms with Crippen molar-refractivity contribution in [2.45, 2.75) is 11.8 Å². The molecule has 0 aliphatic carbocycles. The van der Waals surface area contributed by atoms with Gasteiger partial charge in [0.25, 0.3) is 10.0 Å². The molecule has 7 heteroatoms. The van der Waals surface area contributed by atoms with E-state index >= 15 is 0 Å². The summed E-state index contributed by atoms with van der Waals surface area (Å²) in [6, 6.07) is 5.88. The van der Waals surface area contributed by atoms with Crippen LogP contribution in [0.5, 0.6) is 0 Å². The van der Waals surface area contributed by atoms with E-state index in [0.717, 1.165) is 0 Å². The van der Waals surface area contributed by atoms with Crippen LogP contribution in [-0.4, -0.2) is 13.6 Å². The van der Waals surface area contributed by atoms with Crippen LogP contribution in [0.3, 0.4) is 0 Å². The summed E-state index contributed by atoms with van der Waals surface area (Å²) >= 11 is 0. The maximum atomic E-state index is 11.9. The molecule has 6 nitrogen and oxygen atoms in total. The Morgan fingerprint density at radius 1 is 1.29 bits per heavy atom. The largest absolute Gasteiger partial charge is 0.399 e. The van der Waals surface area contributed by atoms with Crippen LogP contribution in [0, 0.1) is 6.92 Å². The topological polar surface area (TPSA) is 98.2 Å². The molecular weight excluding hydrogens is 242 g/mol. The third-order valence-corrected chi connectivity index (χ3v) is 3.52. The lowest BCUT2D eigenvalue weighted by atomic mass is 10.3. The van der Waals surface area contributed by atoms with Crippen LogP contribution in [0.25, 0.3) is 0 Å². The van der Waals surface area contributed by atoms with Crippen molar-refractivity contribution in [2.24, 2.45) is 0 Å². The number of aromatic nitrogens is 1. The van der Waals surface area contributed by atoms with Crippen molar-refractivity contribution in [3.8, 4) is 0 Å². The highest BCUT2D eigenvalue weighted by atomic mass is 32.2. The number of nitrogens with two attached hydrogens (primary N) is 1. The van der Waals surface area contributed by atoms with Crippen molar-refractivity contribution in [3.05, 3.63) is 36.1 Å². The molecule has 2 rings (SSSR count). The molecule has 1 aromatic heterocycles. The van der Waals surface area contributed by atoms with Crippen LogP contribution in [0.2, 0.25) is 0 Å². The molecular formula is C10H11N3O3S. The van der Waals surface area contributed by atoms with E-state index in [2.05, 4.69) is 14.4 Å². The number of rotatable bonds is 3. The first kappa shape index (κ1) is 11.5. The van der Waals surface area contributed by atoms with Crippen molar-refractivity contribution in [2.75, 3.05) is 10.5 Å². The Morgan fingerprint density at radius 3 is 2.47 bits per heavy atom. The van der Waals surface area contributed by atoms with Gasteiger partial charge in [0.15, 0.2) is 5.82 Å². The highest BCUT2D eigenvalue weighted by molar-refractivity contribution is 7.92. The van der Waals surface area contributed by atoms with Gasteiger partial charge in [-0.15, -0.1) is 0 Å². The number of nitrogen functional groups attached to an aromatic ring is 1. The van der Waals surface area contributed by atoms with Crippen LogP contribution in [0.4, 0.5) is 11.5 Å². The van der Waals surface area contributed by atoms with Gasteiger partial charge in [-0.1, -0.05) is 5.16 Å². The van der Waals surface area contributed by atoms with Gasteiger partial charge < -0.3 is 10.3 Å². The Balaban J connectivity index is 2.31. The minimum atomic E-state index is -3.65. The van der Waals surface area contributed by atoms with Crippen LogP contribution in [0.1, 0.15) is 5.56 Å². The molecule has 1 heterocycles. The lowest BCUT2D eigenvalue weighted by Crippen LogP contribution is -2.13. The quantitative estimate of drug-likeness (QED) is 0.805. The third kappa shape index (κ3) is 2.39. The van der Waals surface area contributed by atoms with Gasteiger partial charge in [-0.2, -0.15) is 0 Å². The highest BCUT2D eigenvalue weighted by Crippen LogP contribution is 2.18. The number of nitrogens with one attached hydrogen (secondary N) is 1. The monoisotopic (exact) mass is 253 g/mol. The molecule has 1 aromatic carbocycles. The van der Waals surface area contributed by atoms with E-state index in [-0.39, 0.29) is 10.7 Å². The maximum absolute atomic E-state index is 11.9. The Bertz CT molecular complexity index is 617. The van der Waals surface area contributed by atoms with Crippen LogP contribution in [-0.2, 0) is 10.0 Å². The first-order chi connectivity index (χ1) is 7.99. The predicted octanol–water partition coefficient (Wildman–Crippen LogP) is 1.37. The molecule has 2 aromatic rings. The second-order valence-electron chi connectivity index (χ2n) is 3.52. The average Bonchev–Trinajstić information content (AvgIpc) is 2.64. The third-order valence-electron chi connectivity index (χ3n) is 2.17. The number of nitrogens with zero attached hydrogens (tertiary/aromatic N) is 1. The first-order valence-electron chi connectivity index (χ1n) is 4.78. The molecule has 0 bridgehead atoms. The fourth-order valence-electron chi connectivity index (χ4n) is 1.22. The van der Waals surface area contributed by atoms with Crippen LogP contribution >= 0.6 is 0 Å². The summed E-state index contributed by atoms with van der Waals surface area (Å²) in [7, 11) is -3.65. The summed E-state index contributed by atoms with van der Waals surface area (Å²) in [6.45, 7) is 1.69. The van der Waals surface area contributed by atoms with Gasteiger partial charge in [0, 0.05) is 11.3 Å². The minimum absolute atomic E-state index is 0.120. The van der Waals surface area contributed by atoms with Crippen molar-refractivity contribution < 1.29 is 12.9 Å². The standard InChI is InChI=1S/C10H11N3O3S/c1-7-6-16-12-10(7)13-17(14,15)9-4-2-8(11)3-5-9/h2-6H,11H2,1H3,(H,12,13). The summed E-state index contributed by atoms with van der Waals surface area (Å²) in [6.07, 6.45) is 1.36. The summed E-state index contributed by atoms with van der Waals surface area (Å²) in [5.41, 5.74) is 6.60. The molecule has 0 fully saturated rings. The second-order valence-corrected chi connectivity index (χ2v) is 5.20. The summed E-state index contributed by atoms with van der Waals surface area (Å²) in [4.78, 5) is 0.120. The molecule has 3 N–H and O–H groups in total. The molecule has 0 unspecified atom stereocenters. The highest BCUT2D eigenvalue weighted by Gasteiger charge is 2.16. The summed E-state index contributed by atoms with van der Waals surface area (Å²) in [5.74, 6) is 0.182. The van der Waals surface area contributed by atoms with Crippen molar-refractivity contribution in [1.82, 2.24) is 5.16 Å².